The lowest BCUT2D eigenvalue weighted by Gasteiger charge is -2.40. The summed E-state index contributed by atoms with van der Waals surface area (Å²) in [6, 6.07) is 11.1. The monoisotopic (exact) mass is 554 g/mol. The van der Waals surface area contributed by atoms with Crippen LogP contribution in [0, 0.1) is 0 Å². The molecule has 2 aliphatic rings. The highest BCUT2D eigenvalue weighted by molar-refractivity contribution is 7.19. The van der Waals surface area contributed by atoms with Crippen LogP contribution in [0.2, 0.25) is 10.0 Å². The summed E-state index contributed by atoms with van der Waals surface area (Å²) in [6.45, 7) is 3.22. The molecule has 0 bridgehead atoms. The van der Waals surface area contributed by atoms with Gasteiger partial charge in [-0.05, 0) is 55.0 Å². The molecule has 192 valence electrons. The third kappa shape index (κ3) is 4.52. The van der Waals surface area contributed by atoms with Crippen LogP contribution in [0.3, 0.4) is 0 Å². The molecule has 0 saturated carbocycles. The molecule has 3 heterocycles. The minimum Gasteiger partial charge on any atom is -0.504 e. The molecular formula is C28H28Cl2N4O2S. The molecule has 1 N–H and O–H groups in total. The van der Waals surface area contributed by atoms with Crippen molar-refractivity contribution in [3.8, 4) is 11.5 Å². The van der Waals surface area contributed by atoms with Crippen LogP contribution in [0.15, 0.2) is 42.7 Å². The van der Waals surface area contributed by atoms with Crippen LogP contribution in [0.1, 0.15) is 40.5 Å². The highest BCUT2D eigenvalue weighted by atomic mass is 35.5. The van der Waals surface area contributed by atoms with E-state index in [1.807, 2.05) is 41.7 Å². The molecule has 0 amide bonds. The predicted octanol–water partition coefficient (Wildman–Crippen LogP) is 6.50. The largest absolute Gasteiger partial charge is 0.504 e. The van der Waals surface area contributed by atoms with E-state index in [2.05, 4.69) is 14.8 Å². The minimum atomic E-state index is -0.202. The Morgan fingerprint density at radius 2 is 1.81 bits per heavy atom. The molecule has 6 rings (SSSR count). The summed E-state index contributed by atoms with van der Waals surface area (Å²) < 4.78 is 5.42. The summed E-state index contributed by atoms with van der Waals surface area (Å²) in [5.74, 6) is 1.65. The Morgan fingerprint density at radius 3 is 2.59 bits per heavy atom. The topological polar surface area (TPSA) is 61.7 Å². The maximum atomic E-state index is 11.1. The molecular weight excluding hydrogens is 527 g/mol. The number of phenols is 1. The molecule has 1 aliphatic carbocycles. The van der Waals surface area contributed by atoms with Gasteiger partial charge >= 0.3 is 0 Å². The van der Waals surface area contributed by atoms with Gasteiger partial charge in [0.05, 0.1) is 28.6 Å². The van der Waals surface area contributed by atoms with E-state index in [0.29, 0.717) is 15.8 Å². The van der Waals surface area contributed by atoms with Gasteiger partial charge in [0, 0.05) is 36.6 Å². The molecule has 1 fully saturated rings. The first-order chi connectivity index (χ1) is 18.0. The van der Waals surface area contributed by atoms with Gasteiger partial charge in [-0.2, -0.15) is 0 Å². The van der Waals surface area contributed by atoms with Crippen LogP contribution in [0.5, 0.6) is 11.5 Å². The molecule has 9 heteroatoms. The number of hydrogen-bond acceptors (Lipinski definition) is 7. The number of halogens is 2. The van der Waals surface area contributed by atoms with Crippen molar-refractivity contribution in [2.24, 2.45) is 0 Å². The number of hydrogen-bond donors (Lipinski definition) is 1. The number of para-hydroxylation sites is 1. The number of fused-ring (bicyclic) bond motifs is 3. The number of phenolic OH excluding ortho intramolecular Hbond substituents is 1. The van der Waals surface area contributed by atoms with Crippen LogP contribution < -0.4 is 9.64 Å². The van der Waals surface area contributed by atoms with Crippen LogP contribution >= 0.6 is 34.5 Å². The van der Waals surface area contributed by atoms with E-state index in [9.17, 15) is 5.11 Å². The molecule has 6 nitrogen and oxygen atoms in total. The summed E-state index contributed by atoms with van der Waals surface area (Å²) in [5.41, 5.74) is 3.21. The maximum Gasteiger partial charge on any atom is 0.162 e. The van der Waals surface area contributed by atoms with E-state index in [-0.39, 0.29) is 11.8 Å². The lowest BCUT2D eigenvalue weighted by atomic mass is 9.95. The Bertz CT molecular complexity index is 1450. The fourth-order valence-corrected chi connectivity index (χ4v) is 7.23. The number of piperazine rings is 1. The Hall–Kier alpha value is -2.58. The molecule has 0 spiro atoms. The van der Waals surface area contributed by atoms with Crippen LogP contribution in [-0.2, 0) is 12.8 Å². The number of thiophene rings is 1. The zero-order chi connectivity index (χ0) is 25.5. The van der Waals surface area contributed by atoms with Gasteiger partial charge < -0.3 is 14.7 Å². The Kier molecular flexibility index (Phi) is 6.88. The Morgan fingerprint density at radius 1 is 1.00 bits per heavy atom. The normalized spacial score (nSPS) is 17.1. The highest BCUT2D eigenvalue weighted by Crippen LogP contribution is 2.42. The first-order valence-electron chi connectivity index (χ1n) is 12.6. The molecule has 1 aliphatic heterocycles. The second kappa shape index (κ2) is 10.3. The van der Waals surface area contributed by atoms with E-state index in [1.165, 1.54) is 28.7 Å². The van der Waals surface area contributed by atoms with Gasteiger partial charge in [0.25, 0.3) is 0 Å². The van der Waals surface area contributed by atoms with Gasteiger partial charge in [-0.1, -0.05) is 41.4 Å². The highest BCUT2D eigenvalue weighted by Gasteiger charge is 2.31. The fraction of sp³-hybridized carbons (Fsp3) is 0.357. The summed E-state index contributed by atoms with van der Waals surface area (Å²) in [5, 5.41) is 13.3. The summed E-state index contributed by atoms with van der Waals surface area (Å²) >= 11 is 14.5. The minimum absolute atomic E-state index is 0.144. The summed E-state index contributed by atoms with van der Waals surface area (Å²) in [6.07, 6.45) is 6.46. The maximum absolute atomic E-state index is 11.1. The van der Waals surface area contributed by atoms with Crippen molar-refractivity contribution in [3.63, 3.8) is 0 Å². The lowest BCUT2D eigenvalue weighted by molar-refractivity contribution is 0.208. The second-order valence-corrected chi connectivity index (χ2v) is 11.5. The van der Waals surface area contributed by atoms with Crippen molar-refractivity contribution < 1.29 is 9.84 Å². The first kappa shape index (κ1) is 24.7. The van der Waals surface area contributed by atoms with Gasteiger partial charge in [0.15, 0.2) is 11.5 Å². The van der Waals surface area contributed by atoms with Crippen molar-refractivity contribution in [3.05, 3.63) is 74.3 Å². The molecule has 4 aromatic rings. The van der Waals surface area contributed by atoms with Crippen molar-refractivity contribution in [2.45, 2.75) is 31.7 Å². The number of ether oxygens (including phenoxy) is 1. The molecule has 1 saturated heterocycles. The van der Waals surface area contributed by atoms with Gasteiger partial charge in [-0.3, -0.25) is 4.90 Å². The van der Waals surface area contributed by atoms with Crippen molar-refractivity contribution >= 4 is 50.6 Å². The number of aromatic hydroxyl groups is 1. The summed E-state index contributed by atoms with van der Waals surface area (Å²) in [7, 11) is 1.57. The zero-order valence-electron chi connectivity index (χ0n) is 20.6. The number of nitrogens with zero attached hydrogens (tertiary/aromatic N) is 4. The quantitative estimate of drug-likeness (QED) is 0.303. The molecule has 37 heavy (non-hydrogen) atoms. The van der Waals surface area contributed by atoms with Gasteiger partial charge in [-0.15, -0.1) is 11.3 Å². The van der Waals surface area contributed by atoms with Crippen LogP contribution in [0.4, 0.5) is 5.82 Å². The van der Waals surface area contributed by atoms with Gasteiger partial charge in [0.1, 0.15) is 17.0 Å². The summed E-state index contributed by atoms with van der Waals surface area (Å²) in [4.78, 5) is 16.7. The van der Waals surface area contributed by atoms with E-state index < -0.39 is 0 Å². The standard InChI is InChI=1S/C28H28Cl2N4O2S/c1-36-22-7-4-6-19(26(22)35)25(17-9-10-20(29)21(30)15-17)33-11-13-34(14-12-33)27-24-18-5-2-3-8-23(18)37-28(24)32-16-31-27/h4,6-7,9-10,15-16,25,35H,2-3,5,8,11-14H2,1H3. The van der Waals surface area contributed by atoms with Crippen molar-refractivity contribution in [2.75, 3.05) is 38.2 Å². The first-order valence-corrected chi connectivity index (χ1v) is 14.2. The lowest BCUT2D eigenvalue weighted by Crippen LogP contribution is -2.48. The van der Waals surface area contributed by atoms with Crippen LogP contribution in [0.25, 0.3) is 10.2 Å². The fourth-order valence-electron chi connectivity index (χ4n) is 5.70. The number of anilines is 1. The number of aromatic nitrogens is 2. The Labute approximate surface area is 230 Å². The number of aryl methyl sites for hydroxylation is 2. The third-order valence-electron chi connectivity index (χ3n) is 7.51. The Balaban J connectivity index is 1.33. The second-order valence-electron chi connectivity index (χ2n) is 9.59. The van der Waals surface area contributed by atoms with E-state index in [4.69, 9.17) is 32.9 Å². The molecule has 1 atom stereocenters. The average Bonchev–Trinajstić information content (AvgIpc) is 3.31. The molecule has 2 aromatic heterocycles. The van der Waals surface area contributed by atoms with Gasteiger partial charge in [0.2, 0.25) is 0 Å². The zero-order valence-corrected chi connectivity index (χ0v) is 22.9. The smallest absolute Gasteiger partial charge is 0.162 e. The number of rotatable bonds is 5. The third-order valence-corrected chi connectivity index (χ3v) is 9.45. The molecule has 2 aromatic carbocycles. The number of benzene rings is 2. The predicted molar refractivity (Wildman–Crippen MR) is 151 cm³/mol. The van der Waals surface area contributed by atoms with E-state index in [0.717, 1.165) is 60.8 Å². The van der Waals surface area contributed by atoms with Crippen LogP contribution in [-0.4, -0.2) is 53.3 Å². The SMILES string of the molecule is COc1cccc(C(c2ccc(Cl)c(Cl)c2)N2CCN(c3ncnc4sc5c(c34)CCCC5)CC2)c1O. The van der Waals surface area contributed by atoms with E-state index in [1.54, 1.807) is 19.5 Å². The molecule has 1 unspecified atom stereocenters. The van der Waals surface area contributed by atoms with Gasteiger partial charge in [-0.25, -0.2) is 9.97 Å². The van der Waals surface area contributed by atoms with Crippen molar-refractivity contribution in [1.29, 1.82) is 0 Å². The molecule has 0 radical (unpaired) electrons. The number of methoxy groups -OCH3 is 1. The average molecular weight is 556 g/mol. The van der Waals surface area contributed by atoms with E-state index >= 15 is 0 Å². The van der Waals surface area contributed by atoms with Crippen molar-refractivity contribution in [1.82, 2.24) is 14.9 Å².